The van der Waals surface area contributed by atoms with Crippen molar-refractivity contribution in [2.45, 2.75) is 6.42 Å². The van der Waals surface area contributed by atoms with Crippen LogP contribution in [-0.2, 0) is 4.79 Å². The molecule has 0 aromatic carbocycles. The number of aliphatic imine (C=N–C) groups is 1. The fourth-order valence-corrected chi connectivity index (χ4v) is 1.71. The molecular formula is C10H13N3O2. The average Bonchev–Trinajstić information content (AvgIpc) is 2.60. The van der Waals surface area contributed by atoms with Crippen LogP contribution in [0.3, 0.4) is 0 Å². The Labute approximate surface area is 87.8 Å². The molecule has 5 nitrogen and oxygen atoms in total. The molecule has 0 aromatic rings. The van der Waals surface area contributed by atoms with Crippen molar-refractivity contribution in [3.63, 3.8) is 0 Å². The highest BCUT2D eigenvalue weighted by molar-refractivity contribution is 5.83. The SMILES string of the molecule is C=C1N=CC=C(N2CC(CO)CC2=O)N1. The van der Waals surface area contributed by atoms with Crippen LogP contribution < -0.4 is 5.32 Å². The predicted octanol–water partition coefficient (Wildman–Crippen LogP) is -0.186. The van der Waals surface area contributed by atoms with Gasteiger partial charge in [-0.15, -0.1) is 0 Å². The highest BCUT2D eigenvalue weighted by Crippen LogP contribution is 2.21. The van der Waals surface area contributed by atoms with E-state index < -0.39 is 0 Å². The Morgan fingerprint density at radius 3 is 3.13 bits per heavy atom. The number of allylic oxidation sites excluding steroid dienone is 1. The molecule has 0 bridgehead atoms. The zero-order chi connectivity index (χ0) is 10.8. The highest BCUT2D eigenvalue weighted by atomic mass is 16.3. The number of hydrogen-bond acceptors (Lipinski definition) is 4. The first-order valence-corrected chi connectivity index (χ1v) is 4.82. The van der Waals surface area contributed by atoms with Gasteiger partial charge in [0.25, 0.3) is 0 Å². The molecule has 2 rings (SSSR count). The number of aliphatic hydroxyl groups excluding tert-OH is 1. The van der Waals surface area contributed by atoms with Crippen molar-refractivity contribution in [2.75, 3.05) is 13.2 Å². The fourth-order valence-electron chi connectivity index (χ4n) is 1.71. The van der Waals surface area contributed by atoms with Crippen molar-refractivity contribution in [1.82, 2.24) is 10.2 Å². The first-order valence-electron chi connectivity index (χ1n) is 4.82. The van der Waals surface area contributed by atoms with Crippen LogP contribution in [0.15, 0.2) is 29.3 Å². The van der Waals surface area contributed by atoms with Gasteiger partial charge in [0.1, 0.15) is 11.6 Å². The largest absolute Gasteiger partial charge is 0.396 e. The summed E-state index contributed by atoms with van der Waals surface area (Å²) < 4.78 is 0. The molecular weight excluding hydrogens is 194 g/mol. The third-order valence-corrected chi connectivity index (χ3v) is 2.49. The van der Waals surface area contributed by atoms with Crippen molar-refractivity contribution in [2.24, 2.45) is 10.9 Å². The summed E-state index contributed by atoms with van der Waals surface area (Å²) in [5.74, 6) is 1.27. The van der Waals surface area contributed by atoms with Gasteiger partial charge in [-0.2, -0.15) is 0 Å². The molecule has 1 saturated heterocycles. The molecule has 2 aliphatic heterocycles. The van der Waals surface area contributed by atoms with Gasteiger partial charge in [-0.25, -0.2) is 4.99 Å². The van der Waals surface area contributed by atoms with Crippen molar-refractivity contribution >= 4 is 12.1 Å². The summed E-state index contributed by atoms with van der Waals surface area (Å²) in [6, 6.07) is 0. The van der Waals surface area contributed by atoms with Gasteiger partial charge in [-0.05, 0) is 6.08 Å². The maximum atomic E-state index is 11.6. The Bertz CT molecular complexity index is 360. The number of amides is 1. The molecule has 1 atom stereocenters. The van der Waals surface area contributed by atoms with Gasteiger partial charge in [-0.3, -0.25) is 9.69 Å². The number of rotatable bonds is 2. The molecule has 0 spiro atoms. The zero-order valence-corrected chi connectivity index (χ0v) is 8.31. The third kappa shape index (κ3) is 1.92. The second kappa shape index (κ2) is 3.86. The van der Waals surface area contributed by atoms with Crippen LogP contribution in [0.4, 0.5) is 0 Å². The maximum Gasteiger partial charge on any atom is 0.228 e. The molecule has 0 aliphatic carbocycles. The van der Waals surface area contributed by atoms with E-state index in [1.165, 1.54) is 0 Å². The number of likely N-dealkylation sites (tertiary alicyclic amines) is 1. The van der Waals surface area contributed by atoms with E-state index in [-0.39, 0.29) is 18.4 Å². The second-order valence-corrected chi connectivity index (χ2v) is 3.66. The molecule has 5 heteroatoms. The van der Waals surface area contributed by atoms with Gasteiger partial charge in [-0.1, -0.05) is 6.58 Å². The summed E-state index contributed by atoms with van der Waals surface area (Å²) in [5, 5.41) is 11.9. The molecule has 2 N–H and O–H groups in total. The Morgan fingerprint density at radius 2 is 2.53 bits per heavy atom. The number of nitrogens with one attached hydrogen (secondary N) is 1. The number of hydrogen-bond donors (Lipinski definition) is 2. The Kier molecular flexibility index (Phi) is 2.55. The lowest BCUT2D eigenvalue weighted by Gasteiger charge is -2.22. The zero-order valence-electron chi connectivity index (χ0n) is 8.31. The van der Waals surface area contributed by atoms with Gasteiger partial charge < -0.3 is 10.4 Å². The summed E-state index contributed by atoms with van der Waals surface area (Å²) in [6.45, 7) is 4.26. The molecule has 1 fully saturated rings. The van der Waals surface area contributed by atoms with Crippen LogP contribution in [0, 0.1) is 5.92 Å². The molecule has 1 amide bonds. The van der Waals surface area contributed by atoms with Gasteiger partial charge in [0.2, 0.25) is 5.91 Å². The number of carbonyl (C=O) groups excluding carboxylic acids is 1. The first-order chi connectivity index (χ1) is 7.20. The Balaban J connectivity index is 2.11. The van der Waals surface area contributed by atoms with Crippen LogP contribution in [-0.4, -0.2) is 35.3 Å². The number of aliphatic hydroxyl groups is 1. The van der Waals surface area contributed by atoms with Gasteiger partial charge >= 0.3 is 0 Å². The minimum atomic E-state index is 0.0240. The van der Waals surface area contributed by atoms with E-state index >= 15 is 0 Å². The van der Waals surface area contributed by atoms with Gasteiger partial charge in [0.15, 0.2) is 0 Å². The van der Waals surface area contributed by atoms with Crippen LogP contribution in [0.5, 0.6) is 0 Å². The van der Waals surface area contributed by atoms with Crippen molar-refractivity contribution in [1.29, 1.82) is 0 Å². The van der Waals surface area contributed by atoms with E-state index in [2.05, 4.69) is 16.9 Å². The van der Waals surface area contributed by atoms with E-state index in [0.29, 0.717) is 24.6 Å². The van der Waals surface area contributed by atoms with E-state index in [4.69, 9.17) is 5.11 Å². The third-order valence-electron chi connectivity index (χ3n) is 2.49. The monoisotopic (exact) mass is 207 g/mol. The highest BCUT2D eigenvalue weighted by Gasteiger charge is 2.31. The quantitative estimate of drug-likeness (QED) is 0.660. The molecule has 0 aromatic heterocycles. The van der Waals surface area contributed by atoms with Crippen LogP contribution in [0.2, 0.25) is 0 Å². The van der Waals surface area contributed by atoms with Gasteiger partial charge in [0.05, 0.1) is 0 Å². The second-order valence-electron chi connectivity index (χ2n) is 3.66. The standard InChI is InChI=1S/C10H13N3O2/c1-7-11-3-2-9(12-7)13-5-8(6-14)4-10(13)15/h2-3,8,12,14H,1,4-6H2. The number of nitrogens with zero attached hydrogens (tertiary/aromatic N) is 2. The molecule has 2 aliphatic rings. The van der Waals surface area contributed by atoms with Crippen LogP contribution >= 0.6 is 0 Å². The fraction of sp³-hybridized carbons (Fsp3) is 0.400. The lowest BCUT2D eigenvalue weighted by molar-refractivity contribution is -0.126. The Morgan fingerprint density at radius 1 is 1.73 bits per heavy atom. The topological polar surface area (TPSA) is 64.9 Å². The molecule has 0 radical (unpaired) electrons. The molecule has 15 heavy (non-hydrogen) atoms. The molecule has 0 saturated carbocycles. The van der Waals surface area contributed by atoms with Gasteiger partial charge in [0, 0.05) is 31.7 Å². The van der Waals surface area contributed by atoms with E-state index in [9.17, 15) is 4.79 Å². The van der Waals surface area contributed by atoms with Crippen molar-refractivity contribution in [3.8, 4) is 0 Å². The number of carbonyl (C=O) groups is 1. The predicted molar refractivity (Wildman–Crippen MR) is 55.8 cm³/mol. The molecule has 1 unspecified atom stereocenters. The molecule has 80 valence electrons. The summed E-state index contributed by atoms with van der Waals surface area (Å²) in [6.07, 6.45) is 3.74. The summed E-state index contributed by atoms with van der Waals surface area (Å²) in [7, 11) is 0. The lowest BCUT2D eigenvalue weighted by Crippen LogP contribution is -2.33. The summed E-state index contributed by atoms with van der Waals surface area (Å²) in [5.41, 5.74) is 0. The smallest absolute Gasteiger partial charge is 0.228 e. The van der Waals surface area contributed by atoms with Crippen LogP contribution in [0.25, 0.3) is 0 Å². The van der Waals surface area contributed by atoms with Crippen molar-refractivity contribution in [3.05, 3.63) is 24.3 Å². The minimum absolute atomic E-state index is 0.0240. The van der Waals surface area contributed by atoms with E-state index in [1.54, 1.807) is 17.2 Å². The lowest BCUT2D eigenvalue weighted by atomic mass is 10.1. The maximum absolute atomic E-state index is 11.6. The molecule has 2 heterocycles. The van der Waals surface area contributed by atoms with Crippen molar-refractivity contribution < 1.29 is 9.90 Å². The van der Waals surface area contributed by atoms with Crippen LogP contribution in [0.1, 0.15) is 6.42 Å². The van der Waals surface area contributed by atoms with E-state index in [0.717, 1.165) is 0 Å². The Hall–Kier alpha value is -1.62. The first kappa shape index (κ1) is 9.92. The summed E-state index contributed by atoms with van der Waals surface area (Å²) >= 11 is 0. The van der Waals surface area contributed by atoms with E-state index in [1.807, 2.05) is 0 Å². The minimum Gasteiger partial charge on any atom is -0.396 e. The summed E-state index contributed by atoms with van der Waals surface area (Å²) in [4.78, 5) is 17.2. The normalized spacial score (nSPS) is 25.5. The average molecular weight is 207 g/mol.